The van der Waals surface area contributed by atoms with Gasteiger partial charge in [0.15, 0.2) is 0 Å². The van der Waals surface area contributed by atoms with Crippen LogP contribution >= 0.6 is 0 Å². The number of hydrogen-bond acceptors (Lipinski definition) is 0. The highest BCUT2D eigenvalue weighted by Gasteiger charge is 2.07. The molecule has 0 N–H and O–H groups in total. The van der Waals surface area contributed by atoms with E-state index in [0.717, 1.165) is 5.92 Å². The molecule has 0 heterocycles. The minimum Gasteiger partial charge on any atom is -0.0843 e. The molecule has 1 atom stereocenters. The first-order chi connectivity index (χ1) is 6.33. The van der Waals surface area contributed by atoms with Crippen LogP contribution in [0.1, 0.15) is 52.4 Å². The standard InChI is InChI=1S/C13H22/c1-3-4-5-6-9-13-10-7-8-12(2)11-13/h6,9-10,12H,3-5,7-8,11H2,1-2H3/b9-6+. The Morgan fingerprint density at radius 3 is 3.08 bits per heavy atom. The van der Waals surface area contributed by atoms with E-state index in [-0.39, 0.29) is 0 Å². The fourth-order valence-electron chi connectivity index (χ4n) is 1.83. The zero-order chi connectivity index (χ0) is 9.52. The first kappa shape index (κ1) is 10.6. The van der Waals surface area contributed by atoms with E-state index in [2.05, 4.69) is 32.1 Å². The highest BCUT2D eigenvalue weighted by Crippen LogP contribution is 2.24. The molecule has 0 spiro atoms. The molecule has 0 saturated carbocycles. The van der Waals surface area contributed by atoms with Crippen LogP contribution in [0.3, 0.4) is 0 Å². The Bertz CT molecular complexity index is 186. The third-order valence-corrected chi connectivity index (χ3v) is 2.71. The molecule has 0 nitrogen and oxygen atoms in total. The van der Waals surface area contributed by atoms with E-state index in [1.165, 1.54) is 38.5 Å². The summed E-state index contributed by atoms with van der Waals surface area (Å²) >= 11 is 0. The monoisotopic (exact) mass is 178 g/mol. The van der Waals surface area contributed by atoms with Crippen LogP contribution in [-0.2, 0) is 0 Å². The van der Waals surface area contributed by atoms with Crippen LogP contribution in [0.4, 0.5) is 0 Å². The van der Waals surface area contributed by atoms with Gasteiger partial charge in [-0.05, 0) is 31.6 Å². The SMILES string of the molecule is CCCC/C=C/C1=CCCC(C)C1. The molecule has 0 fully saturated rings. The van der Waals surface area contributed by atoms with Gasteiger partial charge in [-0.2, -0.15) is 0 Å². The Morgan fingerprint density at radius 2 is 2.38 bits per heavy atom. The van der Waals surface area contributed by atoms with Crippen LogP contribution in [0.25, 0.3) is 0 Å². The molecule has 1 aliphatic carbocycles. The molecule has 74 valence electrons. The smallest absolute Gasteiger partial charge is 0.0256 e. The Balaban J connectivity index is 2.27. The van der Waals surface area contributed by atoms with Gasteiger partial charge in [-0.1, -0.05) is 50.5 Å². The van der Waals surface area contributed by atoms with Gasteiger partial charge in [0.2, 0.25) is 0 Å². The Morgan fingerprint density at radius 1 is 1.54 bits per heavy atom. The Hall–Kier alpha value is -0.520. The Kier molecular flexibility index (Phi) is 4.88. The lowest BCUT2D eigenvalue weighted by atomic mass is 9.90. The lowest BCUT2D eigenvalue weighted by Crippen LogP contribution is -2.00. The van der Waals surface area contributed by atoms with E-state index in [0.29, 0.717) is 0 Å². The third-order valence-electron chi connectivity index (χ3n) is 2.71. The van der Waals surface area contributed by atoms with Crippen molar-refractivity contribution >= 4 is 0 Å². The summed E-state index contributed by atoms with van der Waals surface area (Å²) in [6.45, 7) is 4.60. The van der Waals surface area contributed by atoms with Gasteiger partial charge in [0, 0.05) is 0 Å². The molecule has 13 heavy (non-hydrogen) atoms. The predicted molar refractivity (Wildman–Crippen MR) is 59.8 cm³/mol. The maximum atomic E-state index is 2.41. The highest BCUT2D eigenvalue weighted by atomic mass is 14.1. The molecule has 0 bridgehead atoms. The molecule has 0 aliphatic heterocycles. The molecular formula is C13H22. The molecular weight excluding hydrogens is 156 g/mol. The molecule has 1 aliphatic rings. The van der Waals surface area contributed by atoms with Crippen molar-refractivity contribution in [2.75, 3.05) is 0 Å². The average molecular weight is 178 g/mol. The lowest BCUT2D eigenvalue weighted by molar-refractivity contribution is 0.515. The van der Waals surface area contributed by atoms with E-state index in [1.807, 2.05) is 0 Å². The maximum Gasteiger partial charge on any atom is -0.0256 e. The van der Waals surface area contributed by atoms with Gasteiger partial charge in [0.05, 0.1) is 0 Å². The van der Waals surface area contributed by atoms with Crippen LogP contribution in [0.5, 0.6) is 0 Å². The van der Waals surface area contributed by atoms with Crippen molar-refractivity contribution in [2.24, 2.45) is 5.92 Å². The van der Waals surface area contributed by atoms with Gasteiger partial charge < -0.3 is 0 Å². The minimum atomic E-state index is 0.899. The summed E-state index contributed by atoms with van der Waals surface area (Å²) in [4.78, 5) is 0. The topological polar surface area (TPSA) is 0 Å². The van der Waals surface area contributed by atoms with Gasteiger partial charge in [-0.15, -0.1) is 0 Å². The molecule has 0 aromatic carbocycles. The second kappa shape index (κ2) is 6.01. The molecule has 0 heteroatoms. The number of hydrogen-bond donors (Lipinski definition) is 0. The second-order valence-corrected chi connectivity index (χ2v) is 4.21. The first-order valence-electron chi connectivity index (χ1n) is 5.68. The predicted octanol–water partition coefficient (Wildman–Crippen LogP) is 4.48. The summed E-state index contributed by atoms with van der Waals surface area (Å²) in [5, 5.41) is 0. The van der Waals surface area contributed by atoms with Crippen molar-refractivity contribution in [1.82, 2.24) is 0 Å². The fraction of sp³-hybridized carbons (Fsp3) is 0.692. The van der Waals surface area contributed by atoms with E-state index < -0.39 is 0 Å². The molecule has 0 amide bonds. The quantitative estimate of drug-likeness (QED) is 0.557. The van der Waals surface area contributed by atoms with Crippen molar-refractivity contribution in [1.29, 1.82) is 0 Å². The molecule has 0 aromatic heterocycles. The number of unbranched alkanes of at least 4 members (excludes halogenated alkanes) is 2. The minimum absolute atomic E-state index is 0.899. The first-order valence-corrected chi connectivity index (χ1v) is 5.68. The van der Waals surface area contributed by atoms with Gasteiger partial charge in [0.25, 0.3) is 0 Å². The molecule has 0 radical (unpaired) electrons. The van der Waals surface area contributed by atoms with Crippen molar-refractivity contribution in [2.45, 2.75) is 52.4 Å². The van der Waals surface area contributed by atoms with Crippen LogP contribution in [0, 0.1) is 5.92 Å². The van der Waals surface area contributed by atoms with Gasteiger partial charge in [-0.3, -0.25) is 0 Å². The zero-order valence-corrected chi connectivity index (χ0v) is 9.05. The average Bonchev–Trinajstić information content (AvgIpc) is 2.13. The summed E-state index contributed by atoms with van der Waals surface area (Å²) in [6, 6.07) is 0. The van der Waals surface area contributed by atoms with Gasteiger partial charge >= 0.3 is 0 Å². The van der Waals surface area contributed by atoms with E-state index in [1.54, 1.807) is 5.57 Å². The number of allylic oxidation sites excluding steroid dienone is 4. The van der Waals surface area contributed by atoms with Crippen molar-refractivity contribution in [3.8, 4) is 0 Å². The van der Waals surface area contributed by atoms with Crippen molar-refractivity contribution in [3.05, 3.63) is 23.8 Å². The third kappa shape index (κ3) is 4.31. The van der Waals surface area contributed by atoms with Gasteiger partial charge in [0.1, 0.15) is 0 Å². The molecule has 1 rings (SSSR count). The largest absolute Gasteiger partial charge is 0.0843 e. The fourth-order valence-corrected chi connectivity index (χ4v) is 1.83. The zero-order valence-electron chi connectivity index (χ0n) is 9.05. The molecule has 0 aromatic rings. The van der Waals surface area contributed by atoms with Crippen molar-refractivity contribution in [3.63, 3.8) is 0 Å². The van der Waals surface area contributed by atoms with Crippen LogP contribution in [-0.4, -0.2) is 0 Å². The summed E-state index contributed by atoms with van der Waals surface area (Å²) in [5.74, 6) is 0.899. The number of rotatable bonds is 4. The van der Waals surface area contributed by atoms with Crippen LogP contribution in [0.15, 0.2) is 23.8 Å². The summed E-state index contributed by atoms with van der Waals surface area (Å²) in [7, 11) is 0. The summed E-state index contributed by atoms with van der Waals surface area (Å²) in [6.07, 6.45) is 14.9. The van der Waals surface area contributed by atoms with Crippen LogP contribution in [0.2, 0.25) is 0 Å². The molecule has 0 saturated heterocycles. The molecule has 1 unspecified atom stereocenters. The summed E-state index contributed by atoms with van der Waals surface area (Å²) < 4.78 is 0. The normalized spacial score (nSPS) is 23.5. The van der Waals surface area contributed by atoms with Crippen LogP contribution < -0.4 is 0 Å². The summed E-state index contributed by atoms with van der Waals surface area (Å²) in [5.41, 5.74) is 1.56. The maximum absolute atomic E-state index is 2.41. The van der Waals surface area contributed by atoms with E-state index in [9.17, 15) is 0 Å². The van der Waals surface area contributed by atoms with E-state index >= 15 is 0 Å². The van der Waals surface area contributed by atoms with Gasteiger partial charge in [-0.25, -0.2) is 0 Å². The Labute approximate surface area is 82.7 Å². The lowest BCUT2D eigenvalue weighted by Gasteiger charge is -2.16. The van der Waals surface area contributed by atoms with Crippen molar-refractivity contribution < 1.29 is 0 Å². The highest BCUT2D eigenvalue weighted by molar-refractivity contribution is 5.20. The van der Waals surface area contributed by atoms with E-state index in [4.69, 9.17) is 0 Å². The second-order valence-electron chi connectivity index (χ2n) is 4.21.